The van der Waals surface area contributed by atoms with Crippen molar-refractivity contribution < 1.29 is 4.55 Å². The molecule has 0 N–H and O–H groups in total. The van der Waals surface area contributed by atoms with Gasteiger partial charge in [-0.15, -0.1) is 0 Å². The van der Waals surface area contributed by atoms with Gasteiger partial charge >= 0.3 is 0 Å². The summed E-state index contributed by atoms with van der Waals surface area (Å²) in [5, 5.41) is 9.06. The van der Waals surface area contributed by atoms with Gasteiger partial charge in [0, 0.05) is 5.56 Å². The SMILES string of the molecule is CC/C(=N\[S@@+]([O-])C(C)(C)C)c1cccc(C#N)c1C. The second-order valence-electron chi connectivity index (χ2n) is 5.34. The molecule has 3 nitrogen and oxygen atoms in total. The average Bonchev–Trinajstić information content (AvgIpc) is 2.35. The van der Waals surface area contributed by atoms with Gasteiger partial charge in [-0.05, 0) is 45.7 Å². The van der Waals surface area contributed by atoms with Crippen molar-refractivity contribution >= 4 is 17.1 Å². The van der Waals surface area contributed by atoms with Crippen molar-refractivity contribution in [2.75, 3.05) is 0 Å². The number of benzene rings is 1. The van der Waals surface area contributed by atoms with Crippen molar-refractivity contribution in [3.63, 3.8) is 0 Å². The molecule has 1 aromatic rings. The van der Waals surface area contributed by atoms with Crippen LogP contribution in [-0.2, 0) is 11.4 Å². The zero-order valence-electron chi connectivity index (χ0n) is 12.2. The lowest BCUT2D eigenvalue weighted by Gasteiger charge is -2.19. The topological polar surface area (TPSA) is 59.2 Å². The standard InChI is InChI=1S/C15H20N2OS/c1-6-14(17-19(18)15(3,4)5)13-9-7-8-12(10-16)11(13)2/h7-9H,6H2,1-5H3/b17-14+/t19-/m0/s1. The Morgan fingerprint density at radius 2 is 2.05 bits per heavy atom. The summed E-state index contributed by atoms with van der Waals surface area (Å²) in [5.74, 6) is 0. The molecule has 0 radical (unpaired) electrons. The van der Waals surface area contributed by atoms with Crippen LogP contribution in [0.3, 0.4) is 0 Å². The van der Waals surface area contributed by atoms with Crippen LogP contribution in [0.25, 0.3) is 0 Å². The molecule has 1 atom stereocenters. The molecule has 0 aliphatic carbocycles. The Morgan fingerprint density at radius 1 is 1.42 bits per heavy atom. The lowest BCUT2D eigenvalue weighted by molar-refractivity contribution is 0.561. The van der Waals surface area contributed by atoms with Gasteiger partial charge in [0.1, 0.15) is 16.1 Å². The van der Waals surface area contributed by atoms with Crippen molar-refractivity contribution in [2.24, 2.45) is 4.40 Å². The van der Waals surface area contributed by atoms with Gasteiger partial charge in [0.25, 0.3) is 0 Å². The molecule has 4 heteroatoms. The minimum absolute atomic E-state index is 0.374. The molecule has 0 spiro atoms. The molecule has 0 fully saturated rings. The average molecular weight is 276 g/mol. The molecule has 0 amide bonds. The highest BCUT2D eigenvalue weighted by Crippen LogP contribution is 2.21. The number of rotatable bonds is 3. The van der Waals surface area contributed by atoms with Crippen molar-refractivity contribution in [2.45, 2.75) is 45.8 Å². The maximum atomic E-state index is 12.1. The first kappa shape index (κ1) is 15.7. The van der Waals surface area contributed by atoms with E-state index in [1.807, 2.05) is 46.8 Å². The third-order valence-electron chi connectivity index (χ3n) is 2.82. The van der Waals surface area contributed by atoms with Crippen molar-refractivity contribution in [1.29, 1.82) is 5.26 Å². The predicted octanol–water partition coefficient (Wildman–Crippen LogP) is 3.53. The Bertz CT molecular complexity index is 524. The van der Waals surface area contributed by atoms with Crippen LogP contribution in [0.5, 0.6) is 0 Å². The molecule has 102 valence electrons. The van der Waals surface area contributed by atoms with E-state index in [0.717, 1.165) is 16.8 Å². The lowest BCUT2D eigenvalue weighted by atomic mass is 9.98. The number of hydrogen-bond donors (Lipinski definition) is 0. The minimum atomic E-state index is -1.28. The van der Waals surface area contributed by atoms with Gasteiger partial charge in [-0.3, -0.25) is 0 Å². The van der Waals surface area contributed by atoms with E-state index >= 15 is 0 Å². The zero-order chi connectivity index (χ0) is 14.6. The molecule has 0 bridgehead atoms. The molecule has 0 unspecified atom stereocenters. The van der Waals surface area contributed by atoms with Crippen molar-refractivity contribution in [3.8, 4) is 6.07 Å². The highest BCUT2D eigenvalue weighted by atomic mass is 32.2. The largest absolute Gasteiger partial charge is 0.591 e. The molecule has 1 aromatic carbocycles. The fourth-order valence-corrected chi connectivity index (χ4v) is 2.31. The van der Waals surface area contributed by atoms with E-state index in [4.69, 9.17) is 5.26 Å². The minimum Gasteiger partial charge on any atom is -0.591 e. The molecule has 0 aromatic heterocycles. The number of hydrogen-bond acceptors (Lipinski definition) is 3. The smallest absolute Gasteiger partial charge is 0.144 e. The molecule has 0 aliphatic rings. The van der Waals surface area contributed by atoms with Gasteiger partial charge in [-0.25, -0.2) is 0 Å². The number of nitriles is 1. The Balaban J connectivity index is 3.26. The van der Waals surface area contributed by atoms with Crippen molar-refractivity contribution in [1.82, 2.24) is 0 Å². The Morgan fingerprint density at radius 3 is 2.53 bits per heavy atom. The van der Waals surface area contributed by atoms with E-state index < -0.39 is 11.4 Å². The molecular formula is C15H20N2OS. The Kier molecular flexibility index (Phi) is 5.16. The molecule has 1 rings (SSSR count). The van der Waals surface area contributed by atoms with Crippen molar-refractivity contribution in [3.05, 3.63) is 34.9 Å². The monoisotopic (exact) mass is 276 g/mol. The highest BCUT2D eigenvalue weighted by Gasteiger charge is 2.27. The van der Waals surface area contributed by atoms with Crippen LogP contribution in [0.4, 0.5) is 0 Å². The Hall–Kier alpha value is -1.31. The first-order chi connectivity index (χ1) is 8.81. The zero-order valence-corrected chi connectivity index (χ0v) is 13.0. The summed E-state index contributed by atoms with van der Waals surface area (Å²) in [5.41, 5.74) is 3.25. The number of nitrogens with zero attached hydrogens (tertiary/aromatic N) is 2. The lowest BCUT2D eigenvalue weighted by Crippen LogP contribution is -2.27. The summed E-state index contributed by atoms with van der Waals surface area (Å²) >= 11 is -1.28. The predicted molar refractivity (Wildman–Crippen MR) is 80.6 cm³/mol. The summed E-state index contributed by atoms with van der Waals surface area (Å²) in [6, 6.07) is 7.72. The van der Waals surface area contributed by atoms with Crippen LogP contribution in [0.1, 0.15) is 50.8 Å². The van der Waals surface area contributed by atoms with Crippen LogP contribution < -0.4 is 0 Å². The van der Waals surface area contributed by atoms with E-state index in [9.17, 15) is 4.55 Å². The maximum Gasteiger partial charge on any atom is 0.144 e. The summed E-state index contributed by atoms with van der Waals surface area (Å²) in [7, 11) is 0. The van der Waals surface area contributed by atoms with E-state index in [2.05, 4.69) is 10.5 Å². The van der Waals surface area contributed by atoms with Gasteiger partial charge in [0.05, 0.1) is 17.3 Å². The fourth-order valence-electron chi connectivity index (χ4n) is 1.61. The molecule has 19 heavy (non-hydrogen) atoms. The van der Waals surface area contributed by atoms with E-state index in [1.165, 1.54) is 0 Å². The second kappa shape index (κ2) is 6.23. The van der Waals surface area contributed by atoms with Gasteiger partial charge in [0.15, 0.2) is 0 Å². The molecule has 0 saturated carbocycles. The van der Waals surface area contributed by atoms with Gasteiger partial charge in [0.2, 0.25) is 0 Å². The molecular weight excluding hydrogens is 256 g/mol. The summed E-state index contributed by atoms with van der Waals surface area (Å²) in [4.78, 5) is 0. The highest BCUT2D eigenvalue weighted by molar-refractivity contribution is 7.91. The Labute approximate surface area is 118 Å². The first-order valence-electron chi connectivity index (χ1n) is 6.31. The van der Waals surface area contributed by atoms with E-state index in [1.54, 1.807) is 6.07 Å². The third kappa shape index (κ3) is 3.82. The van der Waals surface area contributed by atoms with Crippen LogP contribution in [0, 0.1) is 18.3 Å². The molecule has 0 heterocycles. The van der Waals surface area contributed by atoms with Crippen LogP contribution in [0.2, 0.25) is 0 Å². The summed E-state index contributed by atoms with van der Waals surface area (Å²) in [6.07, 6.45) is 0.692. The van der Waals surface area contributed by atoms with E-state index in [-0.39, 0.29) is 4.75 Å². The molecule has 0 saturated heterocycles. The van der Waals surface area contributed by atoms with E-state index in [0.29, 0.717) is 12.0 Å². The van der Waals surface area contributed by atoms with Gasteiger partial charge in [-0.1, -0.05) is 23.5 Å². The fraction of sp³-hybridized carbons (Fsp3) is 0.467. The second-order valence-corrected chi connectivity index (χ2v) is 7.25. The van der Waals surface area contributed by atoms with Gasteiger partial charge in [-0.2, -0.15) is 5.26 Å². The van der Waals surface area contributed by atoms with Crippen LogP contribution in [0.15, 0.2) is 22.6 Å². The van der Waals surface area contributed by atoms with Gasteiger partial charge < -0.3 is 4.55 Å². The summed E-state index contributed by atoms with van der Waals surface area (Å²) in [6.45, 7) is 9.59. The van der Waals surface area contributed by atoms with Crippen LogP contribution in [-0.4, -0.2) is 15.0 Å². The normalized spacial score (nSPS) is 14.1. The maximum absolute atomic E-state index is 12.1. The molecule has 0 aliphatic heterocycles. The quantitative estimate of drug-likeness (QED) is 0.626. The first-order valence-corrected chi connectivity index (χ1v) is 7.41. The summed E-state index contributed by atoms with van der Waals surface area (Å²) < 4.78 is 16.1. The van der Waals surface area contributed by atoms with Crippen LogP contribution >= 0.6 is 0 Å². The third-order valence-corrected chi connectivity index (χ3v) is 4.25.